The van der Waals surface area contributed by atoms with Crippen LogP contribution in [0.15, 0.2) is 78.9 Å². The molecule has 2 aliphatic heterocycles. The summed E-state index contributed by atoms with van der Waals surface area (Å²) < 4.78 is 0. The maximum absolute atomic E-state index is 14.1. The van der Waals surface area contributed by atoms with E-state index < -0.39 is 4.87 Å². The summed E-state index contributed by atoms with van der Waals surface area (Å²) in [5.74, 6) is 0.564. The Balaban J connectivity index is 1.66. The number of hydrogen-bond acceptors (Lipinski definition) is 3. The summed E-state index contributed by atoms with van der Waals surface area (Å²) in [7, 11) is 0. The van der Waals surface area contributed by atoms with Gasteiger partial charge in [0.25, 0.3) is 5.91 Å². The molecule has 150 valence electrons. The molecule has 0 saturated carbocycles. The van der Waals surface area contributed by atoms with Crippen LogP contribution in [0.2, 0.25) is 0 Å². The predicted octanol–water partition coefficient (Wildman–Crippen LogP) is 4.86. The molecular formula is C25H22N2O2S. The Kier molecular flexibility index (Phi) is 4.63. The zero-order valence-corrected chi connectivity index (χ0v) is 17.6. The van der Waals surface area contributed by atoms with Crippen molar-refractivity contribution in [2.75, 3.05) is 15.6 Å². The average molecular weight is 415 g/mol. The molecule has 0 bridgehead atoms. The number of benzene rings is 3. The van der Waals surface area contributed by atoms with Crippen LogP contribution < -0.4 is 9.80 Å². The lowest BCUT2D eigenvalue weighted by Gasteiger charge is -2.42. The Bertz CT molecular complexity index is 1110. The van der Waals surface area contributed by atoms with Gasteiger partial charge < -0.3 is 4.90 Å². The zero-order valence-electron chi connectivity index (χ0n) is 16.7. The molecule has 1 fully saturated rings. The van der Waals surface area contributed by atoms with Crippen LogP contribution in [0.1, 0.15) is 23.1 Å². The Morgan fingerprint density at radius 2 is 1.60 bits per heavy atom. The highest BCUT2D eigenvalue weighted by Gasteiger charge is 2.58. The van der Waals surface area contributed by atoms with E-state index in [9.17, 15) is 9.59 Å². The van der Waals surface area contributed by atoms with Crippen LogP contribution in [0.25, 0.3) is 0 Å². The molecule has 2 amide bonds. The first-order chi connectivity index (χ1) is 14.6. The van der Waals surface area contributed by atoms with E-state index in [-0.39, 0.29) is 11.8 Å². The highest BCUT2D eigenvalue weighted by molar-refractivity contribution is 8.01. The van der Waals surface area contributed by atoms with E-state index in [1.165, 1.54) is 0 Å². The first kappa shape index (κ1) is 18.9. The summed E-state index contributed by atoms with van der Waals surface area (Å²) in [6.45, 7) is 2.50. The second kappa shape index (κ2) is 7.33. The fraction of sp³-hybridized carbons (Fsp3) is 0.200. The van der Waals surface area contributed by atoms with Gasteiger partial charge in [-0.1, -0.05) is 66.2 Å². The van der Waals surface area contributed by atoms with Gasteiger partial charge in [0.05, 0.1) is 12.2 Å². The van der Waals surface area contributed by atoms with Crippen LogP contribution in [-0.4, -0.2) is 17.6 Å². The van der Waals surface area contributed by atoms with Crippen molar-refractivity contribution in [1.82, 2.24) is 0 Å². The topological polar surface area (TPSA) is 40.6 Å². The number of thioether (sulfide) groups is 1. The van der Waals surface area contributed by atoms with E-state index in [2.05, 4.69) is 0 Å². The van der Waals surface area contributed by atoms with Gasteiger partial charge in [0.2, 0.25) is 10.8 Å². The van der Waals surface area contributed by atoms with Crippen molar-refractivity contribution in [3.8, 4) is 0 Å². The number of amides is 2. The molecule has 30 heavy (non-hydrogen) atoms. The number of hydrogen-bond donors (Lipinski definition) is 0. The molecule has 5 heteroatoms. The number of aryl methyl sites for hydroxylation is 1. The Morgan fingerprint density at radius 3 is 2.37 bits per heavy atom. The quantitative estimate of drug-likeness (QED) is 0.614. The summed E-state index contributed by atoms with van der Waals surface area (Å²) in [5, 5.41) is 0. The van der Waals surface area contributed by atoms with Crippen molar-refractivity contribution < 1.29 is 9.59 Å². The van der Waals surface area contributed by atoms with Crippen molar-refractivity contribution in [1.29, 1.82) is 0 Å². The van der Waals surface area contributed by atoms with Crippen LogP contribution in [0, 0.1) is 6.92 Å². The van der Waals surface area contributed by atoms with E-state index in [1.54, 1.807) is 16.7 Å². The summed E-state index contributed by atoms with van der Waals surface area (Å²) in [5.41, 5.74) is 4.72. The van der Waals surface area contributed by atoms with Gasteiger partial charge in [-0.2, -0.15) is 0 Å². The van der Waals surface area contributed by atoms with Gasteiger partial charge in [-0.15, -0.1) is 11.8 Å². The maximum Gasteiger partial charge on any atom is 0.269 e. The molecular weight excluding hydrogens is 392 g/mol. The smallest absolute Gasteiger partial charge is 0.269 e. The molecule has 3 aromatic rings. The van der Waals surface area contributed by atoms with E-state index >= 15 is 0 Å². The zero-order chi connectivity index (χ0) is 20.7. The van der Waals surface area contributed by atoms with Gasteiger partial charge in [-0.3, -0.25) is 14.5 Å². The molecule has 1 unspecified atom stereocenters. The van der Waals surface area contributed by atoms with Gasteiger partial charge in [-0.05, 0) is 30.7 Å². The number of anilines is 2. The van der Waals surface area contributed by atoms with E-state index in [1.807, 2.05) is 90.7 Å². The molecule has 1 spiro atoms. The first-order valence-electron chi connectivity index (χ1n) is 10.1. The van der Waals surface area contributed by atoms with Crippen LogP contribution in [-0.2, 0) is 21.0 Å². The van der Waals surface area contributed by atoms with Crippen molar-refractivity contribution in [2.45, 2.75) is 24.8 Å². The van der Waals surface area contributed by atoms with E-state index in [0.717, 1.165) is 28.1 Å². The Labute approximate surface area is 180 Å². The number of para-hydroxylation sites is 1. The second-order valence-corrected chi connectivity index (χ2v) is 8.99. The summed E-state index contributed by atoms with van der Waals surface area (Å²) in [6, 6.07) is 25.7. The number of carbonyl (C=O) groups excluding carboxylic acids is 2. The molecule has 4 nitrogen and oxygen atoms in total. The largest absolute Gasteiger partial charge is 0.304 e. The van der Waals surface area contributed by atoms with E-state index in [4.69, 9.17) is 0 Å². The third-order valence-electron chi connectivity index (χ3n) is 5.76. The van der Waals surface area contributed by atoms with Crippen LogP contribution in [0.5, 0.6) is 0 Å². The maximum atomic E-state index is 14.1. The molecule has 1 saturated heterocycles. The SMILES string of the molecule is Cc1ccc(N2C(=O)CCSC23C(=O)N(Cc2ccccc2)c2ccccc23)cc1. The van der Waals surface area contributed by atoms with Crippen LogP contribution >= 0.6 is 11.8 Å². The lowest BCUT2D eigenvalue weighted by atomic mass is 10.0. The lowest BCUT2D eigenvalue weighted by Crippen LogP contribution is -2.56. The third kappa shape index (κ3) is 2.84. The van der Waals surface area contributed by atoms with Gasteiger partial charge in [0.1, 0.15) is 0 Å². The number of rotatable bonds is 3. The lowest BCUT2D eigenvalue weighted by molar-refractivity contribution is -0.125. The van der Waals surface area contributed by atoms with Crippen molar-refractivity contribution in [2.24, 2.45) is 0 Å². The van der Waals surface area contributed by atoms with Gasteiger partial charge in [0.15, 0.2) is 0 Å². The third-order valence-corrected chi connectivity index (χ3v) is 7.16. The molecule has 1 atom stereocenters. The molecule has 0 aliphatic carbocycles. The minimum Gasteiger partial charge on any atom is -0.304 e. The van der Waals surface area contributed by atoms with Crippen molar-refractivity contribution >= 4 is 35.0 Å². The molecule has 5 rings (SSSR count). The average Bonchev–Trinajstić information content (AvgIpc) is 2.99. The standard InChI is InChI=1S/C25H22N2O2S/c1-18-11-13-20(14-12-18)27-23(28)15-16-30-25(27)21-9-5-6-10-22(21)26(24(25)29)17-19-7-3-2-4-8-19/h2-14H,15-17H2,1H3. The molecule has 2 aliphatic rings. The minimum atomic E-state index is -1.06. The van der Waals surface area contributed by atoms with Gasteiger partial charge >= 0.3 is 0 Å². The van der Waals surface area contributed by atoms with Gasteiger partial charge in [0, 0.05) is 23.4 Å². The fourth-order valence-corrected chi connectivity index (χ4v) is 5.81. The number of carbonyl (C=O) groups is 2. The van der Waals surface area contributed by atoms with Crippen molar-refractivity contribution in [3.63, 3.8) is 0 Å². The number of nitrogens with zero attached hydrogens (tertiary/aromatic N) is 2. The second-order valence-electron chi connectivity index (χ2n) is 7.70. The molecule has 0 N–H and O–H groups in total. The first-order valence-corrected chi connectivity index (χ1v) is 11.1. The molecule has 0 radical (unpaired) electrons. The fourth-order valence-electron chi connectivity index (χ4n) is 4.34. The normalized spacial score (nSPS) is 20.7. The monoisotopic (exact) mass is 414 g/mol. The van der Waals surface area contributed by atoms with Crippen LogP contribution in [0.3, 0.4) is 0 Å². The summed E-state index contributed by atoms with van der Waals surface area (Å²) in [6.07, 6.45) is 0.425. The molecule has 2 heterocycles. The van der Waals surface area contributed by atoms with Crippen molar-refractivity contribution in [3.05, 3.63) is 95.6 Å². The summed E-state index contributed by atoms with van der Waals surface area (Å²) >= 11 is 1.56. The molecule has 3 aromatic carbocycles. The van der Waals surface area contributed by atoms with Crippen LogP contribution in [0.4, 0.5) is 11.4 Å². The molecule has 0 aromatic heterocycles. The number of fused-ring (bicyclic) bond motifs is 2. The Hall–Kier alpha value is -3.05. The minimum absolute atomic E-state index is 0.0117. The highest BCUT2D eigenvalue weighted by atomic mass is 32.2. The summed E-state index contributed by atoms with van der Waals surface area (Å²) in [4.78, 5) is 29.8. The highest BCUT2D eigenvalue weighted by Crippen LogP contribution is 2.54. The predicted molar refractivity (Wildman–Crippen MR) is 121 cm³/mol. The van der Waals surface area contributed by atoms with E-state index in [0.29, 0.717) is 18.7 Å². The van der Waals surface area contributed by atoms with Gasteiger partial charge in [-0.25, -0.2) is 0 Å². The Morgan fingerprint density at radius 1 is 0.900 bits per heavy atom.